The van der Waals surface area contributed by atoms with Crippen molar-refractivity contribution in [3.05, 3.63) is 33.0 Å². The minimum atomic E-state index is -2.70. The molecule has 0 aromatic carbocycles. The maximum absolute atomic E-state index is 12.6. The lowest BCUT2D eigenvalue weighted by atomic mass is 10.2. The Morgan fingerprint density at radius 1 is 1.45 bits per heavy atom. The Balaban J connectivity index is 2.19. The maximum Gasteiger partial charge on any atom is 0.282 e. The lowest BCUT2D eigenvalue weighted by Crippen LogP contribution is -2.29. The van der Waals surface area contributed by atoms with Gasteiger partial charge in [0.05, 0.1) is 11.7 Å². The van der Waals surface area contributed by atoms with Crippen molar-refractivity contribution in [1.82, 2.24) is 20.1 Å². The van der Waals surface area contributed by atoms with Crippen LogP contribution in [-0.4, -0.2) is 20.7 Å². The molecule has 0 unspecified atom stereocenters. The van der Waals surface area contributed by atoms with E-state index in [9.17, 15) is 13.6 Å². The van der Waals surface area contributed by atoms with Gasteiger partial charge in [0.25, 0.3) is 12.3 Å². The summed E-state index contributed by atoms with van der Waals surface area (Å²) in [6.45, 7) is 5.83. The zero-order chi connectivity index (χ0) is 16.4. The van der Waals surface area contributed by atoms with Crippen LogP contribution in [0.15, 0.2) is 6.07 Å². The van der Waals surface area contributed by atoms with Crippen molar-refractivity contribution in [3.8, 4) is 0 Å². The van der Waals surface area contributed by atoms with E-state index in [1.165, 1.54) is 23.1 Å². The molecule has 1 N–H and O–H groups in total. The van der Waals surface area contributed by atoms with E-state index < -0.39 is 18.0 Å². The summed E-state index contributed by atoms with van der Waals surface area (Å²) < 4.78 is 26.5. The molecule has 5 nitrogen and oxygen atoms in total. The Labute approximate surface area is 131 Å². The van der Waals surface area contributed by atoms with Gasteiger partial charge in [0.15, 0.2) is 0 Å². The number of thiazole rings is 1. The number of aromatic nitrogens is 3. The highest BCUT2D eigenvalue weighted by atomic mass is 32.1. The molecule has 0 saturated carbocycles. The van der Waals surface area contributed by atoms with Crippen molar-refractivity contribution in [1.29, 1.82) is 0 Å². The van der Waals surface area contributed by atoms with Gasteiger partial charge in [0, 0.05) is 11.9 Å². The van der Waals surface area contributed by atoms with Gasteiger partial charge in [0.2, 0.25) is 0 Å². The molecule has 2 aromatic heterocycles. The van der Waals surface area contributed by atoms with Crippen LogP contribution in [0.1, 0.15) is 57.6 Å². The number of rotatable bonds is 5. The number of nitrogens with zero attached hydrogens (tertiary/aromatic N) is 3. The van der Waals surface area contributed by atoms with Crippen molar-refractivity contribution in [2.24, 2.45) is 7.05 Å². The van der Waals surface area contributed by atoms with Crippen molar-refractivity contribution >= 4 is 17.2 Å². The van der Waals surface area contributed by atoms with E-state index in [0.29, 0.717) is 6.42 Å². The number of aryl methyl sites for hydroxylation is 3. The van der Waals surface area contributed by atoms with Crippen molar-refractivity contribution in [2.75, 3.05) is 0 Å². The number of carbonyl (C=O) groups excluding carboxylic acids is 1. The van der Waals surface area contributed by atoms with E-state index >= 15 is 0 Å². The minimum absolute atomic E-state index is 0.110. The lowest BCUT2D eigenvalue weighted by Gasteiger charge is -2.14. The van der Waals surface area contributed by atoms with Crippen LogP contribution in [0, 0.1) is 13.8 Å². The molecule has 2 heterocycles. The smallest absolute Gasteiger partial charge is 0.282 e. The van der Waals surface area contributed by atoms with Crippen molar-refractivity contribution < 1.29 is 13.6 Å². The van der Waals surface area contributed by atoms with Gasteiger partial charge in [-0.2, -0.15) is 5.10 Å². The number of alkyl halides is 2. The van der Waals surface area contributed by atoms with Gasteiger partial charge in [-0.15, -0.1) is 11.3 Å². The zero-order valence-corrected chi connectivity index (χ0v) is 13.7. The summed E-state index contributed by atoms with van der Waals surface area (Å²) in [7, 11) is 1.47. The van der Waals surface area contributed by atoms with Gasteiger partial charge in [-0.05, 0) is 26.3 Å². The first kappa shape index (κ1) is 16.5. The third-order valence-electron chi connectivity index (χ3n) is 3.41. The number of carbonyl (C=O) groups is 1. The van der Waals surface area contributed by atoms with Crippen LogP contribution in [0.25, 0.3) is 0 Å². The fourth-order valence-electron chi connectivity index (χ4n) is 2.03. The van der Waals surface area contributed by atoms with Crippen LogP contribution in [0.4, 0.5) is 8.78 Å². The zero-order valence-electron chi connectivity index (χ0n) is 12.9. The average molecular weight is 328 g/mol. The molecule has 120 valence electrons. The molecule has 0 saturated heterocycles. The number of halogens is 2. The third-order valence-corrected chi connectivity index (χ3v) is 4.60. The van der Waals surface area contributed by atoms with E-state index in [4.69, 9.17) is 0 Å². The first-order chi connectivity index (χ1) is 10.3. The van der Waals surface area contributed by atoms with Crippen LogP contribution in [-0.2, 0) is 7.05 Å². The molecule has 0 radical (unpaired) electrons. The molecule has 0 aliphatic rings. The second-order valence-corrected chi connectivity index (χ2v) is 6.24. The van der Waals surface area contributed by atoms with Gasteiger partial charge in [0.1, 0.15) is 16.4 Å². The van der Waals surface area contributed by atoms with E-state index in [2.05, 4.69) is 15.4 Å². The van der Waals surface area contributed by atoms with Gasteiger partial charge in [-0.25, -0.2) is 13.8 Å². The maximum atomic E-state index is 12.6. The molecule has 1 atom stereocenters. The molecular weight excluding hydrogens is 310 g/mol. The molecule has 8 heteroatoms. The predicted molar refractivity (Wildman–Crippen MR) is 80.3 cm³/mol. The number of hydrogen-bond acceptors (Lipinski definition) is 4. The fourth-order valence-corrected chi connectivity index (χ4v) is 3.08. The molecule has 2 rings (SSSR count). The topological polar surface area (TPSA) is 59.8 Å². The second-order valence-electron chi connectivity index (χ2n) is 5.01. The Hall–Kier alpha value is -1.83. The molecule has 0 aliphatic heterocycles. The number of amides is 1. The Bertz CT molecular complexity index is 661. The number of nitrogens with one attached hydrogen (secondary N) is 1. The van der Waals surface area contributed by atoms with Crippen LogP contribution in [0.5, 0.6) is 0 Å². The van der Waals surface area contributed by atoms with E-state index in [1.807, 2.05) is 20.8 Å². The molecule has 2 aromatic rings. The first-order valence-corrected chi connectivity index (χ1v) is 7.72. The molecular formula is C14H18F2N4OS. The molecule has 0 fully saturated rings. The van der Waals surface area contributed by atoms with E-state index in [0.717, 1.165) is 21.6 Å². The Kier molecular flexibility index (Phi) is 4.90. The molecule has 0 bridgehead atoms. The van der Waals surface area contributed by atoms with Crippen LogP contribution in [0.2, 0.25) is 0 Å². The average Bonchev–Trinajstić information content (AvgIpc) is 3.00. The predicted octanol–water partition coefficient (Wildman–Crippen LogP) is 3.31. The summed E-state index contributed by atoms with van der Waals surface area (Å²) in [5, 5.41) is 7.31. The van der Waals surface area contributed by atoms with Gasteiger partial charge in [-0.1, -0.05) is 6.92 Å². The summed E-state index contributed by atoms with van der Waals surface area (Å²) in [4.78, 5) is 17.8. The highest BCUT2D eigenvalue weighted by Crippen LogP contribution is 2.25. The quantitative estimate of drug-likeness (QED) is 0.916. The van der Waals surface area contributed by atoms with Crippen LogP contribution < -0.4 is 5.32 Å². The Morgan fingerprint density at radius 3 is 2.59 bits per heavy atom. The number of hydrogen-bond donors (Lipinski definition) is 1. The lowest BCUT2D eigenvalue weighted by molar-refractivity contribution is 0.0926. The van der Waals surface area contributed by atoms with Crippen LogP contribution in [0.3, 0.4) is 0 Å². The standard InChI is InChI=1S/C14H18F2N4OS/c1-5-9(14-17-7(2)8(3)22-14)18-13(21)11-6-10(12(15)16)19-20(11)4/h6,9,12H,5H2,1-4H3,(H,18,21)/t9-/m1/s1. The van der Waals surface area contributed by atoms with E-state index in [1.54, 1.807) is 0 Å². The highest BCUT2D eigenvalue weighted by Gasteiger charge is 2.22. The molecule has 0 spiro atoms. The first-order valence-electron chi connectivity index (χ1n) is 6.90. The Morgan fingerprint density at radius 2 is 2.14 bits per heavy atom. The summed E-state index contributed by atoms with van der Waals surface area (Å²) in [6, 6.07) is 0.875. The second kappa shape index (κ2) is 6.51. The van der Waals surface area contributed by atoms with Crippen LogP contribution >= 0.6 is 11.3 Å². The third kappa shape index (κ3) is 3.32. The normalized spacial score (nSPS) is 12.7. The van der Waals surface area contributed by atoms with Gasteiger partial charge in [-0.3, -0.25) is 9.48 Å². The largest absolute Gasteiger partial charge is 0.341 e. The molecule has 1 amide bonds. The summed E-state index contributed by atoms with van der Waals surface area (Å²) in [6.07, 6.45) is -2.03. The summed E-state index contributed by atoms with van der Waals surface area (Å²) in [5.74, 6) is -0.431. The summed E-state index contributed by atoms with van der Waals surface area (Å²) >= 11 is 1.53. The van der Waals surface area contributed by atoms with Gasteiger partial charge >= 0.3 is 0 Å². The molecule has 22 heavy (non-hydrogen) atoms. The van der Waals surface area contributed by atoms with E-state index in [-0.39, 0.29) is 11.7 Å². The van der Waals surface area contributed by atoms with Gasteiger partial charge < -0.3 is 5.32 Å². The molecule has 0 aliphatic carbocycles. The summed E-state index contributed by atoms with van der Waals surface area (Å²) in [5.41, 5.74) is 0.647. The monoisotopic (exact) mass is 328 g/mol. The highest BCUT2D eigenvalue weighted by molar-refractivity contribution is 7.11. The minimum Gasteiger partial charge on any atom is -0.341 e. The van der Waals surface area contributed by atoms with Crippen molar-refractivity contribution in [2.45, 2.75) is 39.7 Å². The van der Waals surface area contributed by atoms with Crippen molar-refractivity contribution in [3.63, 3.8) is 0 Å². The SMILES string of the molecule is CC[C@@H](NC(=O)c1cc(C(F)F)nn1C)c1nc(C)c(C)s1. The fraction of sp³-hybridized carbons (Fsp3) is 0.500.